The lowest BCUT2D eigenvalue weighted by atomic mass is 10.1. The van der Waals surface area contributed by atoms with E-state index in [9.17, 15) is 9.18 Å². The molecule has 0 aliphatic carbocycles. The number of methoxy groups -OCH3 is 1. The molecule has 0 spiro atoms. The molecule has 4 nitrogen and oxygen atoms in total. The molecule has 0 fully saturated rings. The van der Waals surface area contributed by atoms with Crippen molar-refractivity contribution in [3.63, 3.8) is 0 Å². The summed E-state index contributed by atoms with van der Waals surface area (Å²) in [6, 6.07) is 4.49. The molecule has 1 amide bonds. The van der Waals surface area contributed by atoms with Gasteiger partial charge < -0.3 is 15.0 Å². The predicted molar refractivity (Wildman–Crippen MR) is 69.4 cm³/mol. The summed E-state index contributed by atoms with van der Waals surface area (Å²) < 4.78 is 18.6. The van der Waals surface area contributed by atoms with Crippen LogP contribution in [0.1, 0.15) is 17.3 Å². The number of hydrogen-bond donors (Lipinski definition) is 1. The van der Waals surface area contributed by atoms with E-state index in [-0.39, 0.29) is 11.6 Å². The smallest absolute Gasteiger partial charge is 0.255 e. The molecule has 18 heavy (non-hydrogen) atoms. The maximum absolute atomic E-state index is 13.7. The molecule has 1 aromatic rings. The average Bonchev–Trinajstić information content (AvgIpc) is 2.37. The number of nitrogens with one attached hydrogen (secondary N) is 1. The second kappa shape index (κ2) is 6.96. The number of nitrogens with zero attached hydrogens (tertiary/aromatic N) is 1. The summed E-state index contributed by atoms with van der Waals surface area (Å²) in [5, 5.41) is 2.88. The highest BCUT2D eigenvalue weighted by Crippen LogP contribution is 2.20. The van der Waals surface area contributed by atoms with Crippen molar-refractivity contribution >= 4 is 11.6 Å². The fourth-order valence-electron chi connectivity index (χ4n) is 1.59. The summed E-state index contributed by atoms with van der Waals surface area (Å²) in [5.74, 6) is -0.634. The second-order valence-corrected chi connectivity index (χ2v) is 3.91. The maximum atomic E-state index is 13.7. The van der Waals surface area contributed by atoms with Gasteiger partial charge in [-0.15, -0.1) is 0 Å². The molecule has 0 heterocycles. The zero-order valence-electron chi connectivity index (χ0n) is 11.0. The third kappa shape index (κ3) is 3.43. The number of rotatable bonds is 6. The molecule has 0 saturated carbocycles. The van der Waals surface area contributed by atoms with Crippen LogP contribution in [0, 0.1) is 5.82 Å². The Balaban J connectivity index is 2.94. The van der Waals surface area contributed by atoms with Crippen LogP contribution in [-0.2, 0) is 4.74 Å². The van der Waals surface area contributed by atoms with Crippen LogP contribution in [0.4, 0.5) is 10.1 Å². The van der Waals surface area contributed by atoms with Crippen molar-refractivity contribution in [3.8, 4) is 0 Å². The van der Waals surface area contributed by atoms with Crippen LogP contribution in [0.5, 0.6) is 0 Å². The molecule has 1 N–H and O–H groups in total. The number of carbonyl (C=O) groups is 1. The number of ether oxygens (including phenoxy) is 1. The minimum absolute atomic E-state index is 0.220. The van der Waals surface area contributed by atoms with Crippen molar-refractivity contribution in [2.75, 3.05) is 39.2 Å². The Morgan fingerprint density at radius 1 is 1.50 bits per heavy atom. The van der Waals surface area contributed by atoms with Crippen LogP contribution >= 0.6 is 0 Å². The number of halogens is 1. The zero-order valence-corrected chi connectivity index (χ0v) is 11.0. The molecular formula is C13H19FN2O2. The van der Waals surface area contributed by atoms with Crippen molar-refractivity contribution in [2.45, 2.75) is 6.92 Å². The van der Waals surface area contributed by atoms with E-state index in [0.717, 1.165) is 0 Å². The van der Waals surface area contributed by atoms with Gasteiger partial charge in [-0.3, -0.25) is 4.79 Å². The van der Waals surface area contributed by atoms with Crippen LogP contribution in [0.3, 0.4) is 0 Å². The van der Waals surface area contributed by atoms with E-state index < -0.39 is 5.82 Å². The summed E-state index contributed by atoms with van der Waals surface area (Å²) in [6.45, 7) is 3.34. The largest absolute Gasteiger partial charge is 0.383 e. The van der Waals surface area contributed by atoms with Crippen molar-refractivity contribution in [1.29, 1.82) is 0 Å². The molecule has 0 aromatic heterocycles. The normalized spacial score (nSPS) is 10.2. The number of hydrogen-bond acceptors (Lipinski definition) is 3. The topological polar surface area (TPSA) is 41.6 Å². The first-order valence-electron chi connectivity index (χ1n) is 5.88. The fraction of sp³-hybridized carbons (Fsp3) is 0.462. The number of anilines is 1. The first-order valence-corrected chi connectivity index (χ1v) is 5.88. The van der Waals surface area contributed by atoms with Crippen LogP contribution in [0.2, 0.25) is 0 Å². The molecule has 0 saturated heterocycles. The van der Waals surface area contributed by atoms with Gasteiger partial charge in [0.1, 0.15) is 5.82 Å². The molecule has 5 heteroatoms. The van der Waals surface area contributed by atoms with Crippen molar-refractivity contribution in [3.05, 3.63) is 29.6 Å². The van der Waals surface area contributed by atoms with Crippen molar-refractivity contribution in [2.24, 2.45) is 0 Å². The third-order valence-electron chi connectivity index (χ3n) is 2.58. The van der Waals surface area contributed by atoms with Gasteiger partial charge in [-0.05, 0) is 19.1 Å². The molecule has 0 aliphatic rings. The summed E-state index contributed by atoms with van der Waals surface area (Å²) in [4.78, 5) is 13.7. The third-order valence-corrected chi connectivity index (χ3v) is 2.58. The van der Waals surface area contributed by atoms with Gasteiger partial charge in [-0.2, -0.15) is 0 Å². The summed E-state index contributed by atoms with van der Waals surface area (Å²) >= 11 is 0. The van der Waals surface area contributed by atoms with Crippen molar-refractivity contribution < 1.29 is 13.9 Å². The van der Waals surface area contributed by atoms with Gasteiger partial charge in [-0.25, -0.2) is 4.39 Å². The van der Waals surface area contributed by atoms with Gasteiger partial charge in [-0.1, -0.05) is 6.07 Å². The highest BCUT2D eigenvalue weighted by Gasteiger charge is 2.17. The molecule has 100 valence electrons. The van der Waals surface area contributed by atoms with Gasteiger partial charge in [0.25, 0.3) is 5.91 Å². The molecule has 0 radical (unpaired) electrons. The highest BCUT2D eigenvalue weighted by atomic mass is 19.1. The number of carbonyl (C=O) groups excluding carboxylic acids is 1. The maximum Gasteiger partial charge on any atom is 0.255 e. The average molecular weight is 254 g/mol. The molecule has 0 atom stereocenters. The van der Waals surface area contributed by atoms with Gasteiger partial charge in [0.15, 0.2) is 0 Å². The Labute approximate surface area is 107 Å². The zero-order chi connectivity index (χ0) is 13.5. The Morgan fingerprint density at radius 2 is 2.22 bits per heavy atom. The molecule has 1 aromatic carbocycles. The number of benzene rings is 1. The molecule has 0 unspecified atom stereocenters. The van der Waals surface area contributed by atoms with Crippen molar-refractivity contribution in [1.82, 2.24) is 4.90 Å². The summed E-state index contributed by atoms with van der Waals surface area (Å²) in [7, 11) is 3.24. The Hall–Kier alpha value is -1.62. The molecule has 0 bridgehead atoms. The van der Waals surface area contributed by atoms with E-state index in [0.29, 0.717) is 25.3 Å². The summed E-state index contributed by atoms with van der Waals surface area (Å²) in [5.41, 5.74) is 0.602. The fourth-order valence-corrected chi connectivity index (χ4v) is 1.59. The number of likely N-dealkylation sites (N-methyl/N-ethyl adjacent to an activating group) is 1. The predicted octanol–water partition coefficient (Wildman–Crippen LogP) is 1.98. The quantitative estimate of drug-likeness (QED) is 0.844. The van der Waals surface area contributed by atoms with E-state index in [1.165, 1.54) is 17.0 Å². The SMILES string of the molecule is CCNc1c(F)cccc1C(=O)N(C)CCOC. The van der Waals surface area contributed by atoms with E-state index in [1.807, 2.05) is 6.92 Å². The lowest BCUT2D eigenvalue weighted by Crippen LogP contribution is -2.30. The molecule has 0 aliphatic heterocycles. The lowest BCUT2D eigenvalue weighted by Gasteiger charge is -2.19. The standard InChI is InChI=1S/C13H19FN2O2/c1-4-15-12-10(6-5-7-11(12)14)13(17)16(2)8-9-18-3/h5-7,15H,4,8-9H2,1-3H3. The minimum atomic E-state index is -0.414. The van der Waals surface area contributed by atoms with Crippen LogP contribution in [0.25, 0.3) is 0 Å². The van der Waals surface area contributed by atoms with Crippen LogP contribution in [0.15, 0.2) is 18.2 Å². The summed E-state index contributed by atoms with van der Waals surface area (Å²) in [6.07, 6.45) is 0. The number of para-hydroxylation sites is 1. The first-order chi connectivity index (χ1) is 8.61. The van der Waals surface area contributed by atoms with E-state index in [2.05, 4.69) is 5.32 Å². The van der Waals surface area contributed by atoms with E-state index >= 15 is 0 Å². The van der Waals surface area contributed by atoms with E-state index in [4.69, 9.17) is 4.74 Å². The van der Waals surface area contributed by atoms with Crippen LogP contribution in [-0.4, -0.2) is 44.7 Å². The minimum Gasteiger partial charge on any atom is -0.383 e. The molecule has 1 rings (SSSR count). The molecular weight excluding hydrogens is 235 g/mol. The monoisotopic (exact) mass is 254 g/mol. The first kappa shape index (κ1) is 14.4. The second-order valence-electron chi connectivity index (χ2n) is 3.91. The van der Waals surface area contributed by atoms with Gasteiger partial charge >= 0.3 is 0 Å². The van der Waals surface area contributed by atoms with Gasteiger partial charge in [0.05, 0.1) is 17.9 Å². The van der Waals surface area contributed by atoms with E-state index in [1.54, 1.807) is 20.2 Å². The van der Waals surface area contributed by atoms with Crippen LogP contribution < -0.4 is 5.32 Å². The lowest BCUT2D eigenvalue weighted by molar-refractivity contribution is 0.0745. The Bertz CT molecular complexity index is 410. The Morgan fingerprint density at radius 3 is 2.83 bits per heavy atom. The van der Waals surface area contributed by atoms with Gasteiger partial charge in [0, 0.05) is 27.2 Å². The van der Waals surface area contributed by atoms with Gasteiger partial charge in [0.2, 0.25) is 0 Å². The Kier molecular flexibility index (Phi) is 5.58. The number of amides is 1. The highest BCUT2D eigenvalue weighted by molar-refractivity contribution is 5.99.